The highest BCUT2D eigenvalue weighted by atomic mass is 19.4. The van der Waals surface area contributed by atoms with Crippen molar-refractivity contribution in [3.63, 3.8) is 0 Å². The van der Waals surface area contributed by atoms with Gasteiger partial charge in [0.2, 0.25) is 0 Å². The number of alkyl halides is 17. The van der Waals surface area contributed by atoms with Crippen LogP contribution in [0.3, 0.4) is 0 Å². The lowest BCUT2D eigenvalue weighted by atomic mass is 9.87. The van der Waals surface area contributed by atoms with Crippen molar-refractivity contribution in [1.82, 2.24) is 5.32 Å². The zero-order chi connectivity index (χ0) is 37.6. The molecule has 0 saturated carbocycles. The summed E-state index contributed by atoms with van der Waals surface area (Å²) in [6.07, 6.45) is -9.81. The number of carbonyl (C=O) groups is 1. The Morgan fingerprint density at radius 3 is 1.32 bits per heavy atom. The molecule has 0 aromatic carbocycles. The lowest BCUT2D eigenvalue weighted by molar-refractivity contribution is -0.461. The average Bonchev–Trinajstić information content (AvgIpc) is 2.86. The van der Waals surface area contributed by atoms with E-state index in [-0.39, 0.29) is 25.5 Å². The van der Waals surface area contributed by atoms with Crippen LogP contribution < -0.4 is 5.32 Å². The number of halogens is 17. The Labute approximate surface area is 259 Å². The minimum atomic E-state index is -8.61. The van der Waals surface area contributed by atoms with E-state index in [9.17, 15) is 79.4 Å². The molecular formula is C26H36F17NO3. The first-order valence-corrected chi connectivity index (χ1v) is 14.0. The predicted octanol–water partition coefficient (Wildman–Crippen LogP) is 10.4. The van der Waals surface area contributed by atoms with Gasteiger partial charge in [0, 0.05) is 13.0 Å². The van der Waals surface area contributed by atoms with E-state index >= 15 is 0 Å². The third-order valence-electron chi connectivity index (χ3n) is 6.45. The van der Waals surface area contributed by atoms with Crippen molar-refractivity contribution in [2.45, 2.75) is 145 Å². The Morgan fingerprint density at radius 2 is 0.915 bits per heavy atom. The first kappa shape index (κ1) is 45.0. The van der Waals surface area contributed by atoms with Gasteiger partial charge in [-0.25, -0.2) is 4.79 Å². The Bertz CT molecular complexity index is 979. The molecule has 0 aliphatic heterocycles. The van der Waals surface area contributed by atoms with Crippen LogP contribution in [0.25, 0.3) is 0 Å². The summed E-state index contributed by atoms with van der Waals surface area (Å²) >= 11 is 0. The number of carbonyl (C=O) groups excluding carboxylic acids is 1. The van der Waals surface area contributed by atoms with Gasteiger partial charge in [0.25, 0.3) is 0 Å². The Kier molecular flexibility index (Phi) is 15.1. The molecule has 0 aromatic heterocycles. The molecule has 0 fully saturated rings. The van der Waals surface area contributed by atoms with Crippen molar-refractivity contribution in [2.24, 2.45) is 0 Å². The number of hydrogen-bond acceptors (Lipinski definition) is 3. The van der Waals surface area contributed by atoms with Crippen LogP contribution in [0.4, 0.5) is 79.4 Å². The molecule has 4 nitrogen and oxygen atoms in total. The molecule has 47 heavy (non-hydrogen) atoms. The molecule has 21 heteroatoms. The maximum Gasteiger partial charge on any atom is 0.460 e. The van der Waals surface area contributed by atoms with Gasteiger partial charge in [-0.15, -0.1) is 0 Å². The molecule has 1 N–H and O–H groups in total. The summed E-state index contributed by atoms with van der Waals surface area (Å²) in [5, 5.41) is 2.56. The molecule has 0 bridgehead atoms. The van der Waals surface area contributed by atoms with Gasteiger partial charge in [-0.05, 0) is 40.5 Å². The molecule has 0 heterocycles. The molecule has 0 aliphatic rings. The molecule has 0 radical (unpaired) electrons. The van der Waals surface area contributed by atoms with E-state index in [1.807, 2.05) is 0 Å². The van der Waals surface area contributed by atoms with Crippen LogP contribution in [-0.2, 0) is 9.47 Å². The summed E-state index contributed by atoms with van der Waals surface area (Å²) in [5.74, 6) is -56.0. The summed E-state index contributed by atoms with van der Waals surface area (Å²) in [7, 11) is 0. The maximum absolute atomic E-state index is 13.9. The van der Waals surface area contributed by atoms with E-state index in [0.29, 0.717) is 32.3 Å². The molecule has 0 aliphatic carbocycles. The van der Waals surface area contributed by atoms with Crippen LogP contribution in [0.5, 0.6) is 0 Å². The third kappa shape index (κ3) is 10.5. The molecule has 0 rings (SSSR count). The highest BCUT2D eigenvalue weighted by Crippen LogP contribution is 2.64. The van der Waals surface area contributed by atoms with E-state index in [4.69, 9.17) is 9.47 Å². The van der Waals surface area contributed by atoms with E-state index in [1.54, 1.807) is 27.7 Å². The normalized spacial score (nSPS) is 15.5. The fraction of sp³-hybridized carbons (Fsp3) is 0.962. The summed E-state index contributed by atoms with van der Waals surface area (Å²) in [6, 6.07) is -0.359. The van der Waals surface area contributed by atoms with Crippen molar-refractivity contribution in [3.8, 4) is 0 Å². The number of nitrogens with one attached hydrogen (secondary N) is 1. The zero-order valence-electron chi connectivity index (χ0n) is 25.5. The van der Waals surface area contributed by atoms with Crippen LogP contribution in [0.2, 0.25) is 0 Å². The Morgan fingerprint density at radius 1 is 0.553 bits per heavy atom. The van der Waals surface area contributed by atoms with Crippen LogP contribution in [0.15, 0.2) is 0 Å². The zero-order valence-corrected chi connectivity index (χ0v) is 25.5. The van der Waals surface area contributed by atoms with Gasteiger partial charge >= 0.3 is 53.7 Å². The minimum absolute atomic E-state index is 0.00930. The second kappa shape index (κ2) is 15.7. The molecule has 1 atom stereocenters. The number of ether oxygens (including phenoxy) is 2. The van der Waals surface area contributed by atoms with Crippen LogP contribution >= 0.6 is 0 Å². The van der Waals surface area contributed by atoms with Crippen molar-refractivity contribution in [1.29, 1.82) is 0 Å². The molecule has 0 saturated heterocycles. The third-order valence-corrected chi connectivity index (χ3v) is 6.45. The SMILES string of the molecule is C[C@@H](COCCCCCCCCCCC(F)(F)C(F)(F)C(F)(F)C(F)(F)C(F)(F)C(F)(F)C(F)(F)C(F)(F)F)NC(=O)OC(C)(C)C. The largest absolute Gasteiger partial charge is 0.460 e. The predicted molar refractivity (Wildman–Crippen MR) is 132 cm³/mol. The molecular weight excluding hydrogens is 697 g/mol. The van der Waals surface area contributed by atoms with Crippen molar-refractivity contribution in [2.75, 3.05) is 13.2 Å². The topological polar surface area (TPSA) is 47.6 Å². The Balaban J connectivity index is 4.83. The lowest BCUT2D eigenvalue weighted by Gasteiger charge is -2.42. The van der Waals surface area contributed by atoms with Crippen LogP contribution in [-0.4, -0.2) is 78.6 Å². The van der Waals surface area contributed by atoms with Gasteiger partial charge in [0.05, 0.1) is 12.6 Å². The van der Waals surface area contributed by atoms with E-state index in [1.165, 1.54) is 0 Å². The second-order valence-corrected chi connectivity index (χ2v) is 11.8. The fourth-order valence-electron chi connectivity index (χ4n) is 3.78. The average molecular weight is 734 g/mol. The molecule has 282 valence electrons. The number of unbranched alkanes of at least 4 members (excludes halogenated alkanes) is 7. The van der Waals surface area contributed by atoms with Crippen molar-refractivity contribution < 1.29 is 88.9 Å². The summed E-state index contributed by atoms with van der Waals surface area (Å²) in [6.45, 7) is 7.21. The summed E-state index contributed by atoms with van der Waals surface area (Å²) in [5.41, 5.74) is -0.685. The van der Waals surface area contributed by atoms with Gasteiger partial charge in [-0.3, -0.25) is 0 Å². The smallest absolute Gasteiger partial charge is 0.444 e. The first-order valence-electron chi connectivity index (χ1n) is 14.0. The van der Waals surface area contributed by atoms with E-state index in [2.05, 4.69) is 5.32 Å². The second-order valence-electron chi connectivity index (χ2n) is 11.8. The summed E-state index contributed by atoms with van der Waals surface area (Å²) < 4.78 is 237. The quantitative estimate of drug-likeness (QED) is 0.100. The number of hydrogen-bond donors (Lipinski definition) is 1. The Hall–Kier alpha value is -1.96. The van der Waals surface area contributed by atoms with Gasteiger partial charge < -0.3 is 14.8 Å². The highest BCUT2D eigenvalue weighted by molar-refractivity contribution is 5.68. The van der Waals surface area contributed by atoms with Gasteiger partial charge in [0.1, 0.15) is 5.60 Å². The van der Waals surface area contributed by atoms with Crippen molar-refractivity contribution >= 4 is 6.09 Å². The molecule has 0 unspecified atom stereocenters. The van der Waals surface area contributed by atoms with Crippen LogP contribution in [0, 0.1) is 0 Å². The van der Waals surface area contributed by atoms with Gasteiger partial charge in [-0.2, -0.15) is 74.6 Å². The van der Waals surface area contributed by atoms with Gasteiger partial charge in [0.15, 0.2) is 0 Å². The van der Waals surface area contributed by atoms with Crippen LogP contribution in [0.1, 0.15) is 85.5 Å². The maximum atomic E-state index is 13.9. The lowest BCUT2D eigenvalue weighted by Crippen LogP contribution is -2.74. The van der Waals surface area contributed by atoms with E-state index in [0.717, 1.165) is 0 Å². The number of amides is 1. The monoisotopic (exact) mass is 733 g/mol. The number of rotatable bonds is 20. The first-order chi connectivity index (χ1) is 20.7. The van der Waals surface area contributed by atoms with Gasteiger partial charge in [-0.1, -0.05) is 38.5 Å². The van der Waals surface area contributed by atoms with E-state index < -0.39 is 78.6 Å². The highest BCUT2D eigenvalue weighted by Gasteiger charge is 2.95. The number of alkyl carbamates (subject to hydrolysis) is 1. The van der Waals surface area contributed by atoms with Crippen molar-refractivity contribution in [3.05, 3.63) is 0 Å². The molecule has 0 spiro atoms. The summed E-state index contributed by atoms with van der Waals surface area (Å²) in [4.78, 5) is 11.6. The molecule has 0 aromatic rings. The fourth-order valence-corrected chi connectivity index (χ4v) is 3.78. The molecule has 1 amide bonds. The standard InChI is InChI=1S/C26H36F17NO3/c1-16(44-17(45)47-18(2,3)4)15-46-14-12-10-8-6-5-7-9-11-13-19(27,28)20(29,30)21(31,32)22(33,34)23(35,36)24(37,38)25(39,40)26(41,42)43/h16H,5-15H2,1-4H3,(H,44,45)/t16-/m0/s1. The minimum Gasteiger partial charge on any atom is -0.444 e.